The van der Waals surface area contributed by atoms with Crippen LogP contribution < -0.4 is 14.8 Å². The number of carbonyl (C=O) groups excluding carboxylic acids is 1. The zero-order valence-corrected chi connectivity index (χ0v) is 21.1. The van der Waals surface area contributed by atoms with Crippen molar-refractivity contribution in [1.29, 1.82) is 0 Å². The molecule has 0 aliphatic carbocycles. The number of fused-ring (bicyclic) bond motifs is 1. The smallest absolute Gasteiger partial charge is 0.311 e. The predicted molar refractivity (Wildman–Crippen MR) is 141 cm³/mol. The maximum Gasteiger partial charge on any atom is 0.311 e. The molecule has 1 aliphatic heterocycles. The number of carbonyl (C=O) groups is 2. The molecule has 4 aromatic rings. The maximum absolute atomic E-state index is 14.3. The summed E-state index contributed by atoms with van der Waals surface area (Å²) in [7, 11) is 0. The van der Waals surface area contributed by atoms with E-state index in [-0.39, 0.29) is 28.0 Å². The lowest BCUT2D eigenvalue weighted by Gasteiger charge is -2.24. The molecule has 1 atom stereocenters. The third-order valence-corrected chi connectivity index (χ3v) is 6.47. The third-order valence-electron chi connectivity index (χ3n) is 5.94. The van der Waals surface area contributed by atoms with Crippen molar-refractivity contribution in [3.05, 3.63) is 99.8 Å². The summed E-state index contributed by atoms with van der Waals surface area (Å²) in [5.41, 5.74) is 1.45. The summed E-state index contributed by atoms with van der Waals surface area (Å²) in [6, 6.07) is 18.6. The first-order valence-corrected chi connectivity index (χ1v) is 12.2. The second kappa shape index (κ2) is 10.7. The Hall–Kier alpha value is -4.14. The monoisotopic (exact) mass is 552 g/mol. The van der Waals surface area contributed by atoms with Crippen molar-refractivity contribution in [2.75, 3.05) is 11.9 Å². The van der Waals surface area contributed by atoms with E-state index in [0.29, 0.717) is 40.5 Å². The van der Waals surface area contributed by atoms with Crippen LogP contribution in [0.3, 0.4) is 0 Å². The molecule has 1 amide bonds. The average Bonchev–Trinajstić information content (AvgIpc) is 2.89. The van der Waals surface area contributed by atoms with Crippen molar-refractivity contribution >= 4 is 40.9 Å². The van der Waals surface area contributed by atoms with Gasteiger partial charge in [-0.1, -0.05) is 29.3 Å². The fourth-order valence-corrected chi connectivity index (χ4v) is 4.44. The largest absolute Gasteiger partial charge is 0.493 e. The molecule has 1 unspecified atom stereocenters. The van der Waals surface area contributed by atoms with Crippen LogP contribution in [0.1, 0.15) is 28.3 Å². The Kier molecular flexibility index (Phi) is 7.18. The molecule has 2 heterocycles. The van der Waals surface area contributed by atoms with Gasteiger partial charge in [-0.3, -0.25) is 9.59 Å². The number of benzene rings is 3. The molecule has 0 spiro atoms. The van der Waals surface area contributed by atoms with Gasteiger partial charge in [0, 0.05) is 27.8 Å². The van der Waals surface area contributed by atoms with Gasteiger partial charge in [0.1, 0.15) is 28.9 Å². The van der Waals surface area contributed by atoms with Crippen molar-refractivity contribution in [2.24, 2.45) is 0 Å². The topological polar surface area (TPSA) is 97.8 Å². The van der Waals surface area contributed by atoms with E-state index in [0.717, 1.165) is 0 Å². The molecular formula is C28H19Cl2FN2O5. The first kappa shape index (κ1) is 25.5. The Morgan fingerprint density at radius 3 is 2.58 bits per heavy atom. The Morgan fingerprint density at radius 1 is 1.05 bits per heavy atom. The summed E-state index contributed by atoms with van der Waals surface area (Å²) in [6.45, 7) is 0.279. The number of aromatic nitrogens is 1. The van der Waals surface area contributed by atoms with Gasteiger partial charge in [-0.05, 0) is 67.1 Å². The van der Waals surface area contributed by atoms with Gasteiger partial charge >= 0.3 is 5.97 Å². The van der Waals surface area contributed by atoms with Crippen molar-refractivity contribution in [2.45, 2.75) is 12.3 Å². The zero-order chi connectivity index (χ0) is 26.8. The van der Waals surface area contributed by atoms with Crippen molar-refractivity contribution in [3.8, 4) is 28.5 Å². The highest BCUT2D eigenvalue weighted by atomic mass is 35.5. The number of hydrogen-bond acceptors (Lipinski definition) is 5. The Labute approximate surface area is 226 Å². The van der Waals surface area contributed by atoms with Crippen LogP contribution >= 0.6 is 23.2 Å². The van der Waals surface area contributed by atoms with E-state index in [4.69, 9.17) is 32.7 Å². The molecule has 0 saturated heterocycles. The fourth-order valence-electron chi connectivity index (χ4n) is 4.07. The van der Waals surface area contributed by atoms with Gasteiger partial charge in [0.15, 0.2) is 0 Å². The quantitative estimate of drug-likeness (QED) is 0.262. The Bertz CT molecular complexity index is 1550. The van der Waals surface area contributed by atoms with Crippen LogP contribution in [0.5, 0.6) is 17.2 Å². The highest BCUT2D eigenvalue weighted by Gasteiger charge is 2.29. The number of aliphatic carboxylic acids is 1. The Balaban J connectivity index is 1.29. The van der Waals surface area contributed by atoms with E-state index >= 15 is 0 Å². The summed E-state index contributed by atoms with van der Waals surface area (Å²) in [5.74, 6) is -1.20. The van der Waals surface area contributed by atoms with Crippen LogP contribution in [0.4, 0.5) is 10.2 Å². The average molecular weight is 553 g/mol. The summed E-state index contributed by atoms with van der Waals surface area (Å²) in [5, 5.41) is 12.7. The van der Waals surface area contributed by atoms with Crippen LogP contribution in [0.2, 0.25) is 10.0 Å². The van der Waals surface area contributed by atoms with E-state index in [1.165, 1.54) is 12.1 Å². The highest BCUT2D eigenvalue weighted by Crippen LogP contribution is 2.41. The minimum atomic E-state index is -0.938. The second-order valence-electron chi connectivity index (χ2n) is 8.46. The summed E-state index contributed by atoms with van der Waals surface area (Å²) < 4.78 is 25.7. The van der Waals surface area contributed by atoms with Crippen LogP contribution in [0, 0.1) is 5.82 Å². The summed E-state index contributed by atoms with van der Waals surface area (Å²) >= 11 is 12.2. The molecule has 38 heavy (non-hydrogen) atoms. The van der Waals surface area contributed by atoms with Gasteiger partial charge in [0.2, 0.25) is 0 Å². The van der Waals surface area contributed by atoms with Crippen molar-refractivity contribution < 1.29 is 28.6 Å². The molecule has 0 bridgehead atoms. The van der Waals surface area contributed by atoms with Gasteiger partial charge in [0.25, 0.3) is 5.91 Å². The number of hydrogen-bond donors (Lipinski definition) is 2. The standard InChI is InChI=1S/C28H19Cl2FN2O5/c29-16-6-9-19(22(31)12-16)23-2-1-3-26(32-23)33-27(34)15-4-7-17(8-5-15)38-25-14-24-20(13-21(25)30)18(28(35)36)10-11-37-24/h1-9,12-14,18H,10-11H2,(H,35,36)(H,32,33,34). The van der Waals surface area contributed by atoms with Gasteiger partial charge in [-0.2, -0.15) is 0 Å². The molecule has 192 valence electrons. The molecule has 2 N–H and O–H groups in total. The summed E-state index contributed by atoms with van der Waals surface area (Å²) in [4.78, 5) is 28.6. The van der Waals surface area contributed by atoms with E-state index in [1.54, 1.807) is 60.7 Å². The lowest BCUT2D eigenvalue weighted by atomic mass is 9.93. The number of carboxylic acid groups (broad SMARTS) is 1. The lowest BCUT2D eigenvalue weighted by molar-refractivity contribution is -0.139. The number of ether oxygens (including phenoxy) is 2. The fraction of sp³-hybridized carbons (Fsp3) is 0.107. The number of pyridine rings is 1. The number of anilines is 1. The molecule has 7 nitrogen and oxygen atoms in total. The Morgan fingerprint density at radius 2 is 1.84 bits per heavy atom. The number of nitrogens with zero attached hydrogens (tertiary/aromatic N) is 1. The van der Waals surface area contributed by atoms with Gasteiger partial charge in [-0.15, -0.1) is 0 Å². The number of nitrogens with one attached hydrogen (secondary N) is 1. The predicted octanol–water partition coefficient (Wildman–Crippen LogP) is 7.19. The second-order valence-corrected chi connectivity index (χ2v) is 9.30. The maximum atomic E-state index is 14.3. The number of carboxylic acids is 1. The van der Waals surface area contributed by atoms with Crippen molar-refractivity contribution in [3.63, 3.8) is 0 Å². The molecule has 0 fully saturated rings. The first-order chi connectivity index (χ1) is 18.3. The zero-order valence-electron chi connectivity index (χ0n) is 19.6. The third kappa shape index (κ3) is 5.41. The van der Waals surface area contributed by atoms with Gasteiger partial charge in [0.05, 0.1) is 23.2 Å². The van der Waals surface area contributed by atoms with Crippen molar-refractivity contribution in [1.82, 2.24) is 4.98 Å². The molecule has 1 aliphatic rings. The molecule has 10 heteroatoms. The minimum absolute atomic E-state index is 0.241. The molecule has 5 rings (SSSR count). The van der Waals surface area contributed by atoms with Gasteiger partial charge in [-0.25, -0.2) is 9.37 Å². The van der Waals surface area contributed by atoms with E-state index in [1.807, 2.05) is 0 Å². The molecule has 0 radical (unpaired) electrons. The van der Waals surface area contributed by atoms with Gasteiger partial charge < -0.3 is 19.9 Å². The molecule has 0 saturated carbocycles. The van der Waals surface area contributed by atoms with E-state index in [9.17, 15) is 19.1 Å². The number of amides is 1. The lowest BCUT2D eigenvalue weighted by Crippen LogP contribution is -2.20. The minimum Gasteiger partial charge on any atom is -0.493 e. The number of rotatable bonds is 6. The SMILES string of the molecule is O=C(Nc1cccc(-c2ccc(Cl)cc2F)n1)c1ccc(Oc2cc3c(cc2Cl)C(C(=O)O)CCO3)cc1. The molecular weight excluding hydrogens is 534 g/mol. The summed E-state index contributed by atoms with van der Waals surface area (Å²) in [6.07, 6.45) is 0.361. The molecule has 3 aromatic carbocycles. The van der Waals surface area contributed by atoms with E-state index < -0.39 is 23.6 Å². The van der Waals surface area contributed by atoms with Crippen LogP contribution in [-0.2, 0) is 4.79 Å². The van der Waals surface area contributed by atoms with Crippen LogP contribution in [0.15, 0.2) is 72.8 Å². The number of halogens is 3. The highest BCUT2D eigenvalue weighted by molar-refractivity contribution is 6.32. The normalized spacial score (nSPS) is 14.2. The first-order valence-electron chi connectivity index (χ1n) is 11.5. The van der Waals surface area contributed by atoms with Crippen LogP contribution in [0.25, 0.3) is 11.3 Å². The van der Waals surface area contributed by atoms with E-state index in [2.05, 4.69) is 10.3 Å². The molecule has 1 aromatic heterocycles. The van der Waals surface area contributed by atoms with Crippen LogP contribution in [-0.4, -0.2) is 28.6 Å².